The first kappa shape index (κ1) is 15.3. The summed E-state index contributed by atoms with van der Waals surface area (Å²) in [6, 6.07) is 5.08. The molecule has 1 saturated heterocycles. The van der Waals surface area contributed by atoms with Gasteiger partial charge in [0.1, 0.15) is 0 Å². The Labute approximate surface area is 121 Å². The van der Waals surface area contributed by atoms with Crippen molar-refractivity contribution in [3.05, 3.63) is 23.8 Å². The number of hydrogen-bond acceptors (Lipinski definition) is 4. The van der Waals surface area contributed by atoms with Crippen molar-refractivity contribution in [1.29, 1.82) is 0 Å². The topological polar surface area (TPSA) is 75.4 Å². The number of sulfonamides is 1. The molecule has 0 amide bonds. The molecule has 6 heteroatoms. The molecule has 1 aromatic rings. The third-order valence-electron chi connectivity index (χ3n) is 3.82. The van der Waals surface area contributed by atoms with Crippen molar-refractivity contribution in [3.8, 4) is 0 Å². The van der Waals surface area contributed by atoms with Crippen LogP contribution in [0.5, 0.6) is 0 Å². The first-order valence-electron chi connectivity index (χ1n) is 7.00. The summed E-state index contributed by atoms with van der Waals surface area (Å²) in [6.45, 7) is 6.37. The number of nitrogen functional groups attached to an aromatic ring is 1. The normalized spacial score (nSPS) is 18.3. The standard InChI is InChI=1S/C14H23N3O2S/c1-11-9-13(15)5-6-14(11)20(18,19)16-10-12(2)17-7-3-4-8-17/h5-6,9,12,16H,3-4,7-8,10,15H2,1-2H3. The van der Waals surface area contributed by atoms with Gasteiger partial charge < -0.3 is 5.73 Å². The number of nitrogens with zero attached hydrogens (tertiary/aromatic N) is 1. The molecule has 1 unspecified atom stereocenters. The summed E-state index contributed by atoms with van der Waals surface area (Å²) in [4.78, 5) is 2.62. The molecule has 0 aliphatic carbocycles. The predicted octanol–water partition coefficient (Wildman–Crippen LogP) is 1.34. The third-order valence-corrected chi connectivity index (χ3v) is 5.41. The van der Waals surface area contributed by atoms with Gasteiger partial charge in [-0.1, -0.05) is 0 Å². The van der Waals surface area contributed by atoms with Crippen molar-refractivity contribution < 1.29 is 8.42 Å². The molecular weight excluding hydrogens is 274 g/mol. The highest BCUT2D eigenvalue weighted by Gasteiger charge is 2.21. The molecule has 1 heterocycles. The highest BCUT2D eigenvalue weighted by atomic mass is 32.2. The number of likely N-dealkylation sites (tertiary alicyclic amines) is 1. The molecule has 2 rings (SSSR count). The maximum Gasteiger partial charge on any atom is 0.240 e. The lowest BCUT2D eigenvalue weighted by atomic mass is 10.2. The molecule has 3 N–H and O–H groups in total. The molecule has 1 fully saturated rings. The van der Waals surface area contributed by atoms with Crippen LogP contribution in [-0.2, 0) is 10.0 Å². The lowest BCUT2D eigenvalue weighted by Crippen LogP contribution is -2.40. The molecule has 0 spiro atoms. The Bertz CT molecular complexity index is 566. The Hall–Kier alpha value is -1.11. The minimum Gasteiger partial charge on any atom is -0.399 e. The highest BCUT2D eigenvalue weighted by Crippen LogP contribution is 2.18. The van der Waals surface area contributed by atoms with Gasteiger partial charge in [0, 0.05) is 18.3 Å². The van der Waals surface area contributed by atoms with Gasteiger partial charge in [-0.2, -0.15) is 0 Å². The Morgan fingerprint density at radius 3 is 2.60 bits per heavy atom. The van der Waals surface area contributed by atoms with Crippen LogP contribution in [0.2, 0.25) is 0 Å². The van der Waals surface area contributed by atoms with Crippen LogP contribution < -0.4 is 10.5 Å². The quantitative estimate of drug-likeness (QED) is 0.804. The van der Waals surface area contributed by atoms with Crippen LogP contribution in [0, 0.1) is 6.92 Å². The van der Waals surface area contributed by atoms with Gasteiger partial charge in [0.15, 0.2) is 0 Å². The van der Waals surface area contributed by atoms with E-state index in [9.17, 15) is 8.42 Å². The largest absolute Gasteiger partial charge is 0.399 e. The van der Waals surface area contributed by atoms with Crippen LogP contribution in [-0.4, -0.2) is 39.0 Å². The fraction of sp³-hybridized carbons (Fsp3) is 0.571. The number of hydrogen-bond donors (Lipinski definition) is 2. The summed E-state index contributed by atoms with van der Waals surface area (Å²) in [5, 5.41) is 0. The van der Waals surface area contributed by atoms with Crippen LogP contribution in [0.4, 0.5) is 5.69 Å². The van der Waals surface area contributed by atoms with Gasteiger partial charge in [0.2, 0.25) is 10.0 Å². The van der Waals surface area contributed by atoms with Gasteiger partial charge in [-0.25, -0.2) is 13.1 Å². The Balaban J connectivity index is 2.03. The highest BCUT2D eigenvalue weighted by molar-refractivity contribution is 7.89. The lowest BCUT2D eigenvalue weighted by Gasteiger charge is -2.24. The molecule has 5 nitrogen and oxygen atoms in total. The Morgan fingerprint density at radius 1 is 1.35 bits per heavy atom. The van der Waals surface area contributed by atoms with Crippen LogP contribution in [0.3, 0.4) is 0 Å². The first-order chi connectivity index (χ1) is 9.40. The summed E-state index contributed by atoms with van der Waals surface area (Å²) in [5.41, 5.74) is 6.90. The monoisotopic (exact) mass is 297 g/mol. The molecule has 0 saturated carbocycles. The van der Waals surface area contributed by atoms with E-state index in [1.165, 1.54) is 12.8 Å². The number of aryl methyl sites for hydroxylation is 1. The maximum absolute atomic E-state index is 12.3. The molecule has 20 heavy (non-hydrogen) atoms. The zero-order valence-corrected chi connectivity index (χ0v) is 12.9. The molecule has 112 valence electrons. The molecule has 1 aliphatic rings. The first-order valence-corrected chi connectivity index (χ1v) is 8.48. The second-order valence-electron chi connectivity index (χ2n) is 5.47. The van der Waals surface area contributed by atoms with E-state index >= 15 is 0 Å². The summed E-state index contributed by atoms with van der Waals surface area (Å²) in [7, 11) is -3.46. The molecule has 0 radical (unpaired) electrons. The molecule has 0 aromatic heterocycles. The smallest absolute Gasteiger partial charge is 0.240 e. The maximum atomic E-state index is 12.3. The second kappa shape index (κ2) is 6.11. The lowest BCUT2D eigenvalue weighted by molar-refractivity contribution is 0.260. The third kappa shape index (κ3) is 3.50. The summed E-state index contributed by atoms with van der Waals surface area (Å²) in [6.07, 6.45) is 2.41. The minimum atomic E-state index is -3.46. The fourth-order valence-electron chi connectivity index (χ4n) is 2.59. The molecule has 1 atom stereocenters. The Morgan fingerprint density at radius 2 is 2.00 bits per heavy atom. The number of anilines is 1. The van der Waals surface area contributed by atoms with E-state index in [0.717, 1.165) is 13.1 Å². The summed E-state index contributed by atoms with van der Waals surface area (Å²) in [5.74, 6) is 0. The van der Waals surface area contributed by atoms with Crippen molar-refractivity contribution in [2.24, 2.45) is 0 Å². The number of nitrogens with two attached hydrogens (primary N) is 1. The molecular formula is C14H23N3O2S. The van der Waals surface area contributed by atoms with Crippen molar-refractivity contribution in [2.45, 2.75) is 37.6 Å². The van der Waals surface area contributed by atoms with Crippen LogP contribution in [0.1, 0.15) is 25.3 Å². The average molecular weight is 297 g/mol. The van der Waals surface area contributed by atoms with Gasteiger partial charge in [-0.3, -0.25) is 4.90 Å². The molecule has 0 bridgehead atoms. The van der Waals surface area contributed by atoms with Gasteiger partial charge in [-0.15, -0.1) is 0 Å². The predicted molar refractivity (Wildman–Crippen MR) is 81.0 cm³/mol. The summed E-state index contributed by atoms with van der Waals surface area (Å²) < 4.78 is 27.3. The van der Waals surface area contributed by atoms with E-state index in [-0.39, 0.29) is 6.04 Å². The van der Waals surface area contributed by atoms with Gasteiger partial charge in [0.25, 0.3) is 0 Å². The van der Waals surface area contributed by atoms with Crippen molar-refractivity contribution in [2.75, 3.05) is 25.4 Å². The van der Waals surface area contributed by atoms with Crippen LogP contribution in [0.25, 0.3) is 0 Å². The van der Waals surface area contributed by atoms with Crippen molar-refractivity contribution in [3.63, 3.8) is 0 Å². The van der Waals surface area contributed by atoms with Gasteiger partial charge >= 0.3 is 0 Å². The van der Waals surface area contributed by atoms with Gasteiger partial charge in [-0.05, 0) is 63.5 Å². The number of benzene rings is 1. The van der Waals surface area contributed by atoms with E-state index in [1.807, 2.05) is 0 Å². The van der Waals surface area contributed by atoms with Crippen LogP contribution in [0.15, 0.2) is 23.1 Å². The SMILES string of the molecule is Cc1cc(N)ccc1S(=O)(=O)NCC(C)N1CCCC1. The summed E-state index contributed by atoms with van der Waals surface area (Å²) >= 11 is 0. The van der Waals surface area contributed by atoms with E-state index < -0.39 is 10.0 Å². The zero-order valence-electron chi connectivity index (χ0n) is 12.1. The fourth-order valence-corrected chi connectivity index (χ4v) is 3.94. The molecule has 1 aromatic carbocycles. The van der Waals surface area contributed by atoms with Gasteiger partial charge in [0.05, 0.1) is 4.90 Å². The van der Waals surface area contributed by atoms with E-state index in [1.54, 1.807) is 25.1 Å². The second-order valence-corrected chi connectivity index (χ2v) is 7.20. The van der Waals surface area contributed by atoms with Crippen LogP contribution >= 0.6 is 0 Å². The van der Waals surface area contributed by atoms with E-state index in [0.29, 0.717) is 22.7 Å². The zero-order chi connectivity index (χ0) is 14.8. The van der Waals surface area contributed by atoms with E-state index in [4.69, 9.17) is 5.73 Å². The van der Waals surface area contributed by atoms with Crippen molar-refractivity contribution >= 4 is 15.7 Å². The number of nitrogens with one attached hydrogen (secondary N) is 1. The Kier molecular flexibility index (Phi) is 4.67. The van der Waals surface area contributed by atoms with Crippen molar-refractivity contribution in [1.82, 2.24) is 9.62 Å². The minimum absolute atomic E-state index is 0.223. The average Bonchev–Trinajstić information content (AvgIpc) is 2.89. The number of rotatable bonds is 5. The van der Waals surface area contributed by atoms with E-state index in [2.05, 4.69) is 16.5 Å². The molecule has 1 aliphatic heterocycles.